The zero-order valence-corrected chi connectivity index (χ0v) is 19.2. The number of hydrogen-bond donors (Lipinski definition) is 2. The van der Waals surface area contributed by atoms with E-state index in [-0.39, 0.29) is 21.5 Å². The summed E-state index contributed by atoms with van der Waals surface area (Å²) >= 11 is 19.0. The first kappa shape index (κ1) is 23.8. The van der Waals surface area contributed by atoms with Crippen molar-refractivity contribution in [3.63, 3.8) is 0 Å². The number of halogens is 5. The lowest BCUT2D eigenvalue weighted by Crippen LogP contribution is -2.35. The zero-order valence-electron chi connectivity index (χ0n) is 17.0. The Morgan fingerprint density at radius 2 is 1.41 bits per heavy atom. The number of amides is 3. The van der Waals surface area contributed by atoms with Crippen LogP contribution in [0.25, 0.3) is 10.8 Å². The van der Waals surface area contributed by atoms with Gasteiger partial charge in [0.25, 0.3) is 5.91 Å². The van der Waals surface area contributed by atoms with E-state index in [9.17, 15) is 18.4 Å². The van der Waals surface area contributed by atoms with Crippen molar-refractivity contribution < 1.29 is 23.1 Å². The number of rotatable bonds is 4. The van der Waals surface area contributed by atoms with E-state index in [1.807, 2.05) is 35.6 Å². The van der Waals surface area contributed by atoms with Crippen molar-refractivity contribution in [1.82, 2.24) is 5.32 Å². The van der Waals surface area contributed by atoms with Gasteiger partial charge < -0.3 is 10.1 Å². The molecule has 2 N–H and O–H groups in total. The van der Waals surface area contributed by atoms with Crippen LogP contribution >= 0.6 is 34.8 Å². The Hall–Kier alpha value is -3.39. The summed E-state index contributed by atoms with van der Waals surface area (Å²) in [5.74, 6) is -3.03. The van der Waals surface area contributed by atoms with E-state index < -0.39 is 29.1 Å². The van der Waals surface area contributed by atoms with Gasteiger partial charge in [0.1, 0.15) is 17.2 Å². The van der Waals surface area contributed by atoms with E-state index in [4.69, 9.17) is 39.5 Å². The molecule has 34 heavy (non-hydrogen) atoms. The lowest BCUT2D eigenvalue weighted by molar-refractivity contribution is 0.0959. The molecule has 0 saturated carbocycles. The number of carbonyl (C=O) groups is 2. The molecule has 0 aliphatic carbocycles. The molecule has 0 spiro atoms. The van der Waals surface area contributed by atoms with Crippen LogP contribution in [-0.4, -0.2) is 11.9 Å². The van der Waals surface area contributed by atoms with Gasteiger partial charge in [0.15, 0.2) is 11.5 Å². The molecule has 4 rings (SSSR count). The summed E-state index contributed by atoms with van der Waals surface area (Å²) in [5, 5.41) is 6.22. The number of hydrogen-bond acceptors (Lipinski definition) is 3. The Morgan fingerprint density at radius 3 is 2.09 bits per heavy atom. The summed E-state index contributed by atoms with van der Waals surface area (Å²) in [6, 6.07) is 15.4. The highest BCUT2D eigenvalue weighted by Crippen LogP contribution is 2.43. The Morgan fingerprint density at radius 1 is 0.765 bits per heavy atom. The molecule has 10 heteroatoms. The van der Waals surface area contributed by atoms with Crippen molar-refractivity contribution in [2.45, 2.75) is 0 Å². The predicted octanol–water partition coefficient (Wildman–Crippen LogP) is 7.83. The van der Waals surface area contributed by atoms with Gasteiger partial charge in [-0.2, -0.15) is 0 Å². The average Bonchev–Trinajstić information content (AvgIpc) is 2.77. The Bertz CT molecular complexity index is 1400. The lowest BCUT2D eigenvalue weighted by Gasteiger charge is -2.15. The number of carbonyl (C=O) groups excluding carboxylic acids is 2. The molecule has 0 unspecified atom stereocenters. The number of ether oxygens (including phenoxy) is 1. The minimum absolute atomic E-state index is 0.0401. The zero-order chi connectivity index (χ0) is 24.4. The molecule has 0 aromatic heterocycles. The van der Waals surface area contributed by atoms with E-state index in [0.717, 1.165) is 29.0 Å². The summed E-state index contributed by atoms with van der Waals surface area (Å²) < 4.78 is 33.4. The van der Waals surface area contributed by atoms with Gasteiger partial charge in [-0.25, -0.2) is 13.6 Å². The van der Waals surface area contributed by atoms with Gasteiger partial charge in [-0.3, -0.25) is 10.1 Å². The molecule has 0 aliphatic rings. The minimum Gasteiger partial charge on any atom is -0.452 e. The second-order valence-corrected chi connectivity index (χ2v) is 8.20. The summed E-state index contributed by atoms with van der Waals surface area (Å²) in [7, 11) is 0. The smallest absolute Gasteiger partial charge is 0.326 e. The van der Waals surface area contributed by atoms with Gasteiger partial charge in [-0.1, -0.05) is 71.2 Å². The summed E-state index contributed by atoms with van der Waals surface area (Å²) in [6.07, 6.45) is 0. The minimum atomic E-state index is -1.25. The maximum absolute atomic E-state index is 13.7. The Labute approximate surface area is 207 Å². The predicted molar refractivity (Wildman–Crippen MR) is 128 cm³/mol. The monoisotopic (exact) mass is 520 g/mol. The highest BCUT2D eigenvalue weighted by atomic mass is 35.5. The van der Waals surface area contributed by atoms with Gasteiger partial charge in [0.05, 0.1) is 15.1 Å². The van der Waals surface area contributed by atoms with Crippen LogP contribution in [0.1, 0.15) is 10.4 Å². The molecule has 0 bridgehead atoms. The molecule has 172 valence electrons. The van der Waals surface area contributed by atoms with Crippen LogP contribution < -0.4 is 15.4 Å². The summed E-state index contributed by atoms with van der Waals surface area (Å²) in [4.78, 5) is 24.3. The highest BCUT2D eigenvalue weighted by molar-refractivity contribution is 6.38. The van der Waals surface area contributed by atoms with E-state index in [1.54, 1.807) is 6.07 Å². The first-order valence-corrected chi connectivity index (χ1v) is 10.8. The normalized spacial score (nSPS) is 10.7. The molecule has 0 heterocycles. The fourth-order valence-electron chi connectivity index (χ4n) is 3.19. The molecule has 0 atom stereocenters. The SMILES string of the molecule is O=C(NC(=O)c1c(F)cccc1F)Nc1cc(Cl)c(Oc2c(Cl)ccc3ccccc23)c(Cl)c1. The van der Waals surface area contributed by atoms with Gasteiger partial charge in [-0.05, 0) is 35.7 Å². The van der Waals surface area contributed by atoms with Crippen LogP contribution in [0.4, 0.5) is 19.3 Å². The Kier molecular flexibility index (Phi) is 6.88. The van der Waals surface area contributed by atoms with Crippen molar-refractivity contribution in [3.05, 3.63) is 99.0 Å². The number of urea groups is 1. The third kappa shape index (κ3) is 4.92. The van der Waals surface area contributed by atoms with E-state index in [0.29, 0.717) is 10.8 Å². The molecular formula is C24H13Cl3F2N2O3. The number of benzene rings is 4. The Balaban J connectivity index is 1.54. The number of anilines is 1. The quantitative estimate of drug-likeness (QED) is 0.287. The standard InChI is InChI=1S/C24H13Cl3F2N2O3/c25-15-9-8-12-4-1-2-5-14(12)21(15)34-22-16(26)10-13(11-17(22)27)30-24(33)31-23(32)20-18(28)6-3-7-19(20)29/h1-11H,(H2,30,31,32,33). The largest absolute Gasteiger partial charge is 0.452 e. The summed E-state index contributed by atoms with van der Waals surface area (Å²) in [6.45, 7) is 0. The first-order chi connectivity index (χ1) is 16.2. The van der Waals surface area contributed by atoms with Crippen LogP contribution in [0.5, 0.6) is 11.5 Å². The second kappa shape index (κ2) is 9.85. The molecule has 4 aromatic carbocycles. The van der Waals surface area contributed by atoms with Crippen molar-refractivity contribution >= 4 is 63.2 Å². The lowest BCUT2D eigenvalue weighted by atomic mass is 10.1. The van der Waals surface area contributed by atoms with Crippen LogP contribution in [0.3, 0.4) is 0 Å². The van der Waals surface area contributed by atoms with E-state index >= 15 is 0 Å². The molecular weight excluding hydrogens is 509 g/mol. The van der Waals surface area contributed by atoms with E-state index in [2.05, 4.69) is 5.32 Å². The molecule has 4 aromatic rings. The third-order valence-electron chi connectivity index (χ3n) is 4.71. The van der Waals surface area contributed by atoms with Crippen LogP contribution in [0, 0.1) is 11.6 Å². The fourth-order valence-corrected chi connectivity index (χ4v) is 3.96. The molecule has 0 fully saturated rings. The number of fused-ring (bicyclic) bond motifs is 1. The first-order valence-electron chi connectivity index (χ1n) is 9.65. The average molecular weight is 522 g/mol. The van der Waals surface area contributed by atoms with Crippen LogP contribution in [0.2, 0.25) is 15.1 Å². The van der Waals surface area contributed by atoms with Crippen molar-refractivity contribution in [3.8, 4) is 11.5 Å². The second-order valence-electron chi connectivity index (χ2n) is 6.97. The summed E-state index contributed by atoms with van der Waals surface area (Å²) in [5.41, 5.74) is -0.782. The van der Waals surface area contributed by atoms with E-state index in [1.165, 1.54) is 12.1 Å². The van der Waals surface area contributed by atoms with Gasteiger partial charge in [0, 0.05) is 11.1 Å². The molecule has 0 aliphatic heterocycles. The van der Waals surface area contributed by atoms with Crippen molar-refractivity contribution in [2.24, 2.45) is 0 Å². The van der Waals surface area contributed by atoms with Crippen LogP contribution in [0.15, 0.2) is 66.7 Å². The topological polar surface area (TPSA) is 67.4 Å². The van der Waals surface area contributed by atoms with Crippen molar-refractivity contribution in [2.75, 3.05) is 5.32 Å². The maximum Gasteiger partial charge on any atom is 0.326 e. The third-order valence-corrected chi connectivity index (χ3v) is 5.57. The van der Waals surface area contributed by atoms with Crippen LogP contribution in [-0.2, 0) is 0 Å². The molecule has 5 nitrogen and oxygen atoms in total. The van der Waals surface area contributed by atoms with Crippen molar-refractivity contribution in [1.29, 1.82) is 0 Å². The molecule has 3 amide bonds. The van der Waals surface area contributed by atoms with Gasteiger partial charge in [-0.15, -0.1) is 0 Å². The number of nitrogens with one attached hydrogen (secondary N) is 2. The number of imide groups is 1. The highest BCUT2D eigenvalue weighted by Gasteiger charge is 2.20. The molecule has 0 radical (unpaired) electrons. The fraction of sp³-hybridized carbons (Fsp3) is 0. The van der Waals surface area contributed by atoms with Gasteiger partial charge in [0.2, 0.25) is 0 Å². The molecule has 0 saturated heterocycles. The van der Waals surface area contributed by atoms with Gasteiger partial charge >= 0.3 is 6.03 Å². The maximum atomic E-state index is 13.7.